The molecule has 7 rings (SSSR count). The van der Waals surface area contributed by atoms with Crippen LogP contribution in [0.15, 0.2) is 23.8 Å². The largest absolute Gasteiger partial charge is 0.508 e. The van der Waals surface area contributed by atoms with Crippen molar-refractivity contribution in [2.45, 2.75) is 82.8 Å². The number of phenolic OH excluding ortho intramolecular Hbond substituents is 1. The fourth-order valence-electron chi connectivity index (χ4n) is 7.83. The van der Waals surface area contributed by atoms with E-state index >= 15 is 0 Å². The van der Waals surface area contributed by atoms with Crippen molar-refractivity contribution < 1.29 is 14.7 Å². The number of benzene rings is 1. The van der Waals surface area contributed by atoms with Gasteiger partial charge in [-0.3, -0.25) is 9.59 Å². The maximum Gasteiger partial charge on any atom is 0.249 e. The summed E-state index contributed by atoms with van der Waals surface area (Å²) in [7, 11) is 0. The van der Waals surface area contributed by atoms with Gasteiger partial charge in [0, 0.05) is 35.7 Å². The van der Waals surface area contributed by atoms with E-state index in [1.165, 1.54) is 5.57 Å². The molecule has 5 heterocycles. The fourth-order valence-corrected chi connectivity index (χ4v) is 7.83. The quantitative estimate of drug-likeness (QED) is 0.489. The average molecular weight is 438 g/mol. The number of allylic oxidation sites excluding steroid dienone is 2. The van der Waals surface area contributed by atoms with Crippen molar-refractivity contribution in [3.63, 3.8) is 0 Å². The Morgan fingerprint density at radius 2 is 2.03 bits per heavy atom. The van der Waals surface area contributed by atoms with E-state index in [-0.39, 0.29) is 35.1 Å². The Bertz CT molecular complexity index is 1090. The van der Waals surface area contributed by atoms with Crippen molar-refractivity contribution in [3.8, 4) is 5.75 Å². The standard InChI is InChI=1S/C26H33N3O3/c1-14(2)6-7-16-18(30)9-8-15-17-12-26-19(24(3,4)21(17)27-20(15)16)13-25(22(31)28-26)10-5-11-29(25)23(26)32/h6,8-9,17,19,21,27,30H,5,7,10-13H2,1-4H3,(H,28,31)/t17?,19-,21?,25+,26+/m1/s1/i22+1,23+1. The second kappa shape index (κ2) is 6.09. The first-order valence-corrected chi connectivity index (χ1v) is 12.0. The van der Waals surface area contributed by atoms with Crippen LogP contribution in [0, 0.1) is 11.3 Å². The number of carbonyl (C=O) groups excluding carboxylic acids is 2. The van der Waals surface area contributed by atoms with Gasteiger partial charge in [-0.05, 0) is 63.0 Å². The Hall–Kier alpha value is -2.50. The number of amides is 2. The highest BCUT2D eigenvalue weighted by Gasteiger charge is 2.74. The molecular formula is C26H33N3O3. The zero-order chi connectivity index (χ0) is 22.6. The Labute approximate surface area is 189 Å². The topological polar surface area (TPSA) is 81.7 Å². The van der Waals surface area contributed by atoms with Crippen LogP contribution in [0.5, 0.6) is 5.75 Å². The Kier molecular flexibility index (Phi) is 3.83. The molecule has 5 fully saturated rings. The fraction of sp³-hybridized carbons (Fsp3) is 0.615. The molecule has 1 saturated carbocycles. The number of fused-ring (bicyclic) bond motifs is 4. The van der Waals surface area contributed by atoms with Crippen LogP contribution in [-0.2, 0) is 16.0 Å². The highest BCUT2D eigenvalue weighted by molar-refractivity contribution is 6.05. The van der Waals surface area contributed by atoms with Gasteiger partial charge in [0.25, 0.3) is 0 Å². The van der Waals surface area contributed by atoms with Crippen molar-refractivity contribution in [1.82, 2.24) is 10.2 Å². The van der Waals surface area contributed by atoms with E-state index in [0.717, 1.165) is 36.1 Å². The molecule has 6 nitrogen and oxygen atoms in total. The number of phenols is 1. The number of nitrogens with one attached hydrogen (secondary N) is 2. The summed E-state index contributed by atoms with van der Waals surface area (Å²) in [4.78, 5) is 29.1. The van der Waals surface area contributed by atoms with Crippen LogP contribution in [0.1, 0.15) is 70.4 Å². The summed E-state index contributed by atoms with van der Waals surface area (Å²) in [5.74, 6) is 0.702. The normalized spacial score (nSPS) is 37.8. The van der Waals surface area contributed by atoms with Crippen LogP contribution < -0.4 is 10.6 Å². The molecule has 2 spiro atoms. The number of piperazine rings is 1. The summed E-state index contributed by atoms with van der Waals surface area (Å²) in [6.45, 7) is 9.36. The van der Waals surface area contributed by atoms with Gasteiger partial charge in [0.05, 0.1) is 0 Å². The van der Waals surface area contributed by atoms with Crippen molar-refractivity contribution in [3.05, 3.63) is 34.9 Å². The first kappa shape index (κ1) is 20.1. The molecule has 1 aromatic rings. The lowest BCUT2D eigenvalue weighted by atomic mass is 9.52. The SMILES string of the molecule is CC(C)=CCc1c(O)ccc2c1NC1C2C[C@@]23N[13C](=O)[C@]4(CCCN4[13C]2=O)C[C@@H]3C1(C)C. The number of hydrogen-bond donors (Lipinski definition) is 3. The average Bonchev–Trinajstić information content (AvgIpc) is 3.32. The zero-order valence-corrected chi connectivity index (χ0v) is 19.4. The highest BCUT2D eigenvalue weighted by Crippen LogP contribution is 2.64. The number of anilines is 1. The third-order valence-electron chi connectivity index (χ3n) is 9.39. The molecule has 6 aliphatic rings. The molecular weight excluding hydrogens is 404 g/mol. The molecule has 0 aromatic heterocycles. The molecule has 2 bridgehead atoms. The minimum atomic E-state index is -0.824. The molecule has 32 heavy (non-hydrogen) atoms. The second-order valence-corrected chi connectivity index (χ2v) is 11.5. The van der Waals surface area contributed by atoms with E-state index < -0.39 is 11.1 Å². The van der Waals surface area contributed by atoms with Crippen LogP contribution in [-0.4, -0.2) is 45.5 Å². The molecule has 1 aromatic carbocycles. The van der Waals surface area contributed by atoms with Gasteiger partial charge in [0.2, 0.25) is 11.8 Å². The van der Waals surface area contributed by atoms with E-state index in [4.69, 9.17) is 0 Å². The summed E-state index contributed by atoms with van der Waals surface area (Å²) in [6.07, 6.45) is 5.87. The zero-order valence-electron chi connectivity index (χ0n) is 19.4. The van der Waals surface area contributed by atoms with Gasteiger partial charge in [-0.2, -0.15) is 0 Å². The van der Waals surface area contributed by atoms with Crippen molar-refractivity contribution in [1.29, 1.82) is 0 Å². The van der Waals surface area contributed by atoms with Crippen LogP contribution in [0.4, 0.5) is 5.69 Å². The monoisotopic (exact) mass is 437 g/mol. The summed E-state index contributed by atoms with van der Waals surface area (Å²) >= 11 is 0. The maximum absolute atomic E-state index is 13.9. The van der Waals surface area contributed by atoms with Gasteiger partial charge in [-0.15, -0.1) is 0 Å². The summed E-state index contributed by atoms with van der Waals surface area (Å²) in [6, 6.07) is 3.97. The predicted octanol–water partition coefficient (Wildman–Crippen LogP) is 3.46. The highest BCUT2D eigenvalue weighted by atomic mass is 16.3. The maximum atomic E-state index is 13.9. The third-order valence-corrected chi connectivity index (χ3v) is 9.39. The molecule has 5 aliphatic heterocycles. The lowest BCUT2D eigenvalue weighted by Crippen LogP contribution is -2.85. The van der Waals surface area contributed by atoms with E-state index in [9.17, 15) is 14.7 Å². The molecule has 1 aliphatic carbocycles. The summed E-state index contributed by atoms with van der Waals surface area (Å²) in [5.41, 5.74) is 2.66. The number of piperidine rings is 2. The number of rotatable bonds is 2. The van der Waals surface area contributed by atoms with Gasteiger partial charge in [0.15, 0.2) is 0 Å². The van der Waals surface area contributed by atoms with Gasteiger partial charge in [0.1, 0.15) is 16.8 Å². The number of aromatic hydroxyl groups is 1. The van der Waals surface area contributed by atoms with Gasteiger partial charge >= 0.3 is 0 Å². The van der Waals surface area contributed by atoms with Crippen LogP contribution in [0.25, 0.3) is 0 Å². The van der Waals surface area contributed by atoms with Crippen molar-refractivity contribution in [2.75, 3.05) is 11.9 Å². The first-order valence-electron chi connectivity index (χ1n) is 12.0. The Morgan fingerprint density at radius 3 is 2.78 bits per heavy atom. The van der Waals surface area contributed by atoms with Gasteiger partial charge < -0.3 is 20.6 Å². The minimum absolute atomic E-state index is 0.0567. The Balaban J connectivity index is 1.48. The molecule has 2 amide bonds. The predicted molar refractivity (Wildman–Crippen MR) is 122 cm³/mol. The number of carbonyl (C=O) groups is 2. The molecule has 0 radical (unpaired) electrons. The first-order chi connectivity index (χ1) is 15.1. The van der Waals surface area contributed by atoms with E-state index in [0.29, 0.717) is 25.1 Å². The number of hydrogen-bond acceptors (Lipinski definition) is 4. The van der Waals surface area contributed by atoms with E-state index in [2.05, 4.69) is 44.4 Å². The van der Waals surface area contributed by atoms with E-state index in [1.807, 2.05) is 11.0 Å². The summed E-state index contributed by atoms with van der Waals surface area (Å²) in [5, 5.41) is 17.8. The smallest absolute Gasteiger partial charge is 0.249 e. The molecule has 2 unspecified atom stereocenters. The van der Waals surface area contributed by atoms with Crippen LogP contribution in [0.2, 0.25) is 0 Å². The van der Waals surface area contributed by atoms with Crippen molar-refractivity contribution >= 4 is 17.5 Å². The third kappa shape index (κ3) is 2.21. The lowest BCUT2D eigenvalue weighted by Gasteiger charge is -2.66. The molecule has 6 heteroatoms. The van der Waals surface area contributed by atoms with Crippen LogP contribution >= 0.6 is 0 Å². The number of nitrogens with zero attached hydrogens (tertiary/aromatic N) is 1. The molecule has 170 valence electrons. The Morgan fingerprint density at radius 1 is 1.25 bits per heavy atom. The molecule has 3 N–H and O–H groups in total. The molecule has 5 atom stereocenters. The van der Waals surface area contributed by atoms with Crippen molar-refractivity contribution in [2.24, 2.45) is 11.3 Å². The molecule has 4 saturated heterocycles. The second-order valence-electron chi connectivity index (χ2n) is 11.5. The lowest BCUT2D eigenvalue weighted by molar-refractivity contribution is -0.187. The minimum Gasteiger partial charge on any atom is -0.508 e. The van der Waals surface area contributed by atoms with Crippen LogP contribution in [0.3, 0.4) is 0 Å². The van der Waals surface area contributed by atoms with Gasteiger partial charge in [-0.1, -0.05) is 31.6 Å². The van der Waals surface area contributed by atoms with Gasteiger partial charge in [-0.25, -0.2) is 0 Å². The van der Waals surface area contributed by atoms with E-state index in [1.54, 1.807) is 6.07 Å². The summed E-state index contributed by atoms with van der Waals surface area (Å²) < 4.78 is 0.